The number of ether oxygens (including phenoxy) is 1. The van der Waals surface area contributed by atoms with Gasteiger partial charge in [-0.15, -0.1) is 0 Å². The normalized spacial score (nSPS) is 13.2. The molecule has 4 heteroatoms. The number of unbranched alkanes of at least 4 members (excludes halogenated alkanes) is 8. The molecule has 0 aromatic heterocycles. The van der Waals surface area contributed by atoms with Crippen LogP contribution in [0.4, 0.5) is 0 Å². The Balaban J connectivity index is 4.02. The third kappa shape index (κ3) is 31.9. The molecule has 4 nitrogen and oxygen atoms in total. The second-order valence-corrected chi connectivity index (χ2v) is 11.0. The molecule has 0 radical (unpaired) electrons. The Morgan fingerprint density at radius 1 is 0.548 bits per heavy atom. The molecule has 0 amide bonds. The maximum Gasteiger partial charge on any atom is 0.306 e. The van der Waals surface area contributed by atoms with Gasteiger partial charge in [0.2, 0.25) is 0 Å². The van der Waals surface area contributed by atoms with Crippen LogP contribution in [-0.2, 0) is 14.3 Å². The first kappa shape index (κ1) is 39.4. The number of carbonyl (C=O) groups is 2. The average Bonchev–Trinajstić information content (AvgIpc) is 2.97. The topological polar surface area (TPSA) is 63.6 Å². The number of carboxylic acid groups (broad SMARTS) is 1. The second kappa shape index (κ2) is 32.9. The summed E-state index contributed by atoms with van der Waals surface area (Å²) in [5.41, 5.74) is 0. The lowest BCUT2D eigenvalue weighted by atomic mass is 10.0. The first-order valence-electron chi connectivity index (χ1n) is 16.9. The SMILES string of the molecule is CC/C=C\C/C=C\C/C=C\C/C=C\C/C=C\C/C=C\CCC(=O)OC(CCCCCC)CCCCCCCCC(=O)O. The van der Waals surface area contributed by atoms with E-state index < -0.39 is 5.97 Å². The fourth-order valence-corrected chi connectivity index (χ4v) is 4.50. The van der Waals surface area contributed by atoms with Gasteiger partial charge in [-0.25, -0.2) is 0 Å². The van der Waals surface area contributed by atoms with E-state index in [-0.39, 0.29) is 18.5 Å². The zero-order valence-electron chi connectivity index (χ0n) is 27.0. The third-order valence-corrected chi connectivity index (χ3v) is 6.96. The summed E-state index contributed by atoms with van der Waals surface area (Å²) in [6.07, 6.45) is 46.5. The van der Waals surface area contributed by atoms with Crippen molar-refractivity contribution in [3.8, 4) is 0 Å². The standard InChI is InChI=1S/C38H62O4/c1-3-5-7-9-10-11-12-13-14-15-16-17-18-19-20-21-22-27-31-35-38(41)42-36(32-28-8-6-4-2)33-29-25-23-24-26-30-34-37(39)40/h5,7,10-11,13-14,16-17,19-20,22,27,36H,3-4,6,8-9,12,15,18,21,23-26,28-35H2,1-2H3,(H,39,40)/b7-5-,11-10-,14-13-,17-16-,20-19-,27-22-. The predicted molar refractivity (Wildman–Crippen MR) is 181 cm³/mol. The van der Waals surface area contributed by atoms with Crippen LogP contribution in [0.15, 0.2) is 72.9 Å². The van der Waals surface area contributed by atoms with Crippen LogP contribution in [0, 0.1) is 0 Å². The summed E-state index contributed by atoms with van der Waals surface area (Å²) < 4.78 is 5.87. The van der Waals surface area contributed by atoms with Crippen LogP contribution >= 0.6 is 0 Å². The molecule has 0 aliphatic heterocycles. The highest BCUT2D eigenvalue weighted by Crippen LogP contribution is 2.17. The number of esters is 1. The molecule has 0 aromatic carbocycles. The number of carboxylic acids is 1. The van der Waals surface area contributed by atoms with Gasteiger partial charge in [0.25, 0.3) is 0 Å². The summed E-state index contributed by atoms with van der Waals surface area (Å²) in [6, 6.07) is 0. The predicted octanol–water partition coefficient (Wildman–Crippen LogP) is 11.6. The van der Waals surface area contributed by atoms with E-state index in [4.69, 9.17) is 9.84 Å². The number of rotatable bonds is 29. The average molecular weight is 583 g/mol. The van der Waals surface area contributed by atoms with E-state index in [0.29, 0.717) is 6.42 Å². The van der Waals surface area contributed by atoms with Crippen molar-refractivity contribution in [1.29, 1.82) is 0 Å². The highest BCUT2D eigenvalue weighted by atomic mass is 16.5. The van der Waals surface area contributed by atoms with Crippen LogP contribution in [0.1, 0.15) is 149 Å². The lowest BCUT2D eigenvalue weighted by molar-refractivity contribution is -0.149. The monoisotopic (exact) mass is 582 g/mol. The Bertz CT molecular complexity index is 800. The maximum atomic E-state index is 12.5. The Morgan fingerprint density at radius 3 is 1.45 bits per heavy atom. The molecular formula is C38H62O4. The van der Waals surface area contributed by atoms with Gasteiger partial charge in [0, 0.05) is 12.8 Å². The van der Waals surface area contributed by atoms with Crippen LogP contribution in [0.3, 0.4) is 0 Å². The molecule has 1 atom stereocenters. The number of hydrogen-bond acceptors (Lipinski definition) is 3. The molecule has 42 heavy (non-hydrogen) atoms. The van der Waals surface area contributed by atoms with Crippen LogP contribution in [0.2, 0.25) is 0 Å². The van der Waals surface area contributed by atoms with Crippen molar-refractivity contribution in [3.05, 3.63) is 72.9 Å². The molecular weight excluding hydrogens is 520 g/mol. The molecule has 1 unspecified atom stereocenters. The molecule has 238 valence electrons. The van der Waals surface area contributed by atoms with Gasteiger partial charge in [0.1, 0.15) is 6.10 Å². The zero-order valence-corrected chi connectivity index (χ0v) is 27.0. The fraction of sp³-hybridized carbons (Fsp3) is 0.632. The minimum Gasteiger partial charge on any atom is -0.481 e. The highest BCUT2D eigenvalue weighted by molar-refractivity contribution is 5.69. The van der Waals surface area contributed by atoms with Crippen LogP contribution in [0.25, 0.3) is 0 Å². The van der Waals surface area contributed by atoms with Gasteiger partial charge < -0.3 is 9.84 Å². The van der Waals surface area contributed by atoms with Gasteiger partial charge in [-0.1, -0.05) is 132 Å². The van der Waals surface area contributed by atoms with E-state index in [0.717, 1.165) is 103 Å². The van der Waals surface area contributed by atoms with Crippen molar-refractivity contribution in [3.63, 3.8) is 0 Å². The van der Waals surface area contributed by atoms with E-state index in [9.17, 15) is 9.59 Å². The smallest absolute Gasteiger partial charge is 0.306 e. The highest BCUT2D eigenvalue weighted by Gasteiger charge is 2.13. The summed E-state index contributed by atoms with van der Waals surface area (Å²) in [4.78, 5) is 23.0. The third-order valence-electron chi connectivity index (χ3n) is 6.96. The van der Waals surface area contributed by atoms with E-state index in [2.05, 4.69) is 86.8 Å². The summed E-state index contributed by atoms with van der Waals surface area (Å²) in [5.74, 6) is -0.785. The molecule has 0 aromatic rings. The van der Waals surface area contributed by atoms with Crippen LogP contribution in [-0.4, -0.2) is 23.1 Å². The van der Waals surface area contributed by atoms with E-state index in [1.807, 2.05) is 0 Å². The van der Waals surface area contributed by atoms with Crippen LogP contribution < -0.4 is 0 Å². The van der Waals surface area contributed by atoms with Crippen LogP contribution in [0.5, 0.6) is 0 Å². The molecule has 0 saturated carbocycles. The van der Waals surface area contributed by atoms with Crippen molar-refractivity contribution in [2.24, 2.45) is 0 Å². The van der Waals surface area contributed by atoms with Gasteiger partial charge in [0.05, 0.1) is 0 Å². The van der Waals surface area contributed by atoms with Gasteiger partial charge in [-0.2, -0.15) is 0 Å². The Hall–Kier alpha value is -2.62. The summed E-state index contributed by atoms with van der Waals surface area (Å²) >= 11 is 0. The molecule has 1 N–H and O–H groups in total. The second-order valence-electron chi connectivity index (χ2n) is 11.0. The lowest BCUT2D eigenvalue weighted by Crippen LogP contribution is -2.18. The van der Waals surface area contributed by atoms with E-state index in [1.165, 1.54) is 19.3 Å². The minimum absolute atomic E-state index is 0.0339. The molecule has 0 bridgehead atoms. The molecule has 0 saturated heterocycles. The Labute approximate surface area is 258 Å². The van der Waals surface area contributed by atoms with Gasteiger partial charge in [-0.3, -0.25) is 9.59 Å². The molecule has 0 heterocycles. The molecule has 0 spiro atoms. The zero-order chi connectivity index (χ0) is 30.8. The van der Waals surface area contributed by atoms with E-state index in [1.54, 1.807) is 0 Å². The first-order chi connectivity index (χ1) is 20.6. The number of allylic oxidation sites excluding steroid dienone is 12. The lowest BCUT2D eigenvalue weighted by Gasteiger charge is -2.18. The Kier molecular flexibility index (Phi) is 30.8. The summed E-state index contributed by atoms with van der Waals surface area (Å²) in [5, 5.41) is 8.72. The van der Waals surface area contributed by atoms with Crippen molar-refractivity contribution in [2.75, 3.05) is 0 Å². The summed E-state index contributed by atoms with van der Waals surface area (Å²) in [6.45, 7) is 4.37. The maximum absolute atomic E-state index is 12.5. The molecule has 0 rings (SSSR count). The largest absolute Gasteiger partial charge is 0.481 e. The van der Waals surface area contributed by atoms with E-state index >= 15 is 0 Å². The molecule has 0 aliphatic rings. The number of carbonyl (C=O) groups excluding carboxylic acids is 1. The number of hydrogen-bond donors (Lipinski definition) is 1. The fourth-order valence-electron chi connectivity index (χ4n) is 4.50. The van der Waals surface area contributed by atoms with Crippen molar-refractivity contribution in [2.45, 2.75) is 155 Å². The minimum atomic E-state index is -0.705. The van der Waals surface area contributed by atoms with Gasteiger partial charge in [0.15, 0.2) is 0 Å². The first-order valence-corrected chi connectivity index (χ1v) is 16.9. The Morgan fingerprint density at radius 2 is 0.976 bits per heavy atom. The quantitative estimate of drug-likeness (QED) is 0.0541. The van der Waals surface area contributed by atoms with Crippen molar-refractivity contribution in [1.82, 2.24) is 0 Å². The number of aliphatic carboxylic acids is 1. The van der Waals surface area contributed by atoms with Crippen molar-refractivity contribution < 1.29 is 19.4 Å². The molecule has 0 aliphatic carbocycles. The molecule has 0 fully saturated rings. The van der Waals surface area contributed by atoms with Gasteiger partial charge in [-0.05, 0) is 77.0 Å². The van der Waals surface area contributed by atoms with Gasteiger partial charge >= 0.3 is 11.9 Å². The van der Waals surface area contributed by atoms with Crippen molar-refractivity contribution >= 4 is 11.9 Å². The summed E-state index contributed by atoms with van der Waals surface area (Å²) in [7, 11) is 0.